The molecule has 1 aliphatic rings. The molecular weight excluding hydrogens is 441 g/mol. The maximum absolute atomic E-state index is 5.73. The van der Waals surface area contributed by atoms with Crippen molar-refractivity contribution < 1.29 is 9.47 Å². The third-order valence-corrected chi connectivity index (χ3v) is 4.30. The second-order valence-corrected chi connectivity index (χ2v) is 6.34. The zero-order valence-corrected chi connectivity index (χ0v) is 18.5. The maximum atomic E-state index is 5.73. The van der Waals surface area contributed by atoms with Crippen LogP contribution in [0.25, 0.3) is 0 Å². The van der Waals surface area contributed by atoms with E-state index in [1.807, 2.05) is 12.1 Å². The van der Waals surface area contributed by atoms with E-state index in [4.69, 9.17) is 14.5 Å². The summed E-state index contributed by atoms with van der Waals surface area (Å²) in [5, 5.41) is 6.73. The highest BCUT2D eigenvalue weighted by Crippen LogP contribution is 2.33. The fraction of sp³-hybridized carbons (Fsp3) is 0.650. The van der Waals surface area contributed by atoms with Gasteiger partial charge in [-0.3, -0.25) is 4.99 Å². The summed E-state index contributed by atoms with van der Waals surface area (Å²) in [4.78, 5) is 4.78. The summed E-state index contributed by atoms with van der Waals surface area (Å²) in [6, 6.07) is 8.31. The molecule has 26 heavy (non-hydrogen) atoms. The van der Waals surface area contributed by atoms with E-state index in [0.29, 0.717) is 5.92 Å². The summed E-state index contributed by atoms with van der Waals surface area (Å²) < 4.78 is 11.3. The third kappa shape index (κ3) is 8.12. The third-order valence-electron chi connectivity index (χ3n) is 4.30. The molecule has 0 amide bonds. The number of nitrogens with zero attached hydrogens (tertiary/aromatic N) is 1. The van der Waals surface area contributed by atoms with E-state index in [1.165, 1.54) is 12.0 Å². The van der Waals surface area contributed by atoms with Gasteiger partial charge in [0.2, 0.25) is 0 Å². The molecule has 2 N–H and O–H groups in total. The number of aliphatic imine (C=N–C) groups is 1. The minimum absolute atomic E-state index is 0. The van der Waals surface area contributed by atoms with E-state index < -0.39 is 0 Å². The number of benzene rings is 1. The molecular formula is C20H34IN3O2. The van der Waals surface area contributed by atoms with Gasteiger partial charge in [-0.1, -0.05) is 31.5 Å². The van der Waals surface area contributed by atoms with Crippen molar-refractivity contribution in [1.82, 2.24) is 10.6 Å². The van der Waals surface area contributed by atoms with E-state index in [1.54, 1.807) is 0 Å². The van der Waals surface area contributed by atoms with Crippen LogP contribution >= 0.6 is 24.0 Å². The molecule has 0 bridgehead atoms. The number of fused-ring (bicyclic) bond motifs is 1. The minimum Gasteiger partial charge on any atom is -0.493 e. The Kier molecular flexibility index (Phi) is 12.5. The average molecular weight is 475 g/mol. The summed E-state index contributed by atoms with van der Waals surface area (Å²) in [7, 11) is 0. The van der Waals surface area contributed by atoms with Gasteiger partial charge < -0.3 is 20.1 Å². The van der Waals surface area contributed by atoms with Crippen LogP contribution < -0.4 is 15.4 Å². The topological polar surface area (TPSA) is 54.9 Å². The molecule has 0 saturated heterocycles. The quantitative estimate of drug-likeness (QED) is 0.233. The lowest BCUT2D eigenvalue weighted by Gasteiger charge is -2.25. The number of para-hydroxylation sites is 1. The highest BCUT2D eigenvalue weighted by molar-refractivity contribution is 14.0. The molecule has 0 radical (unpaired) electrons. The average Bonchev–Trinajstić information content (AvgIpc) is 2.65. The number of guanidine groups is 1. The smallest absolute Gasteiger partial charge is 0.191 e. The summed E-state index contributed by atoms with van der Waals surface area (Å²) >= 11 is 0. The Labute approximate surface area is 175 Å². The van der Waals surface area contributed by atoms with Gasteiger partial charge in [-0.05, 0) is 37.8 Å². The van der Waals surface area contributed by atoms with Gasteiger partial charge >= 0.3 is 0 Å². The predicted octanol–water partition coefficient (Wildman–Crippen LogP) is 3.93. The van der Waals surface area contributed by atoms with E-state index >= 15 is 0 Å². The van der Waals surface area contributed by atoms with Crippen LogP contribution in [0.3, 0.4) is 0 Å². The van der Waals surface area contributed by atoms with Crippen LogP contribution in [0.4, 0.5) is 0 Å². The standard InChI is InChI=1S/C20H33N3O2.HI/c1-3-5-13-24-14-8-12-22-20(21-4-2)23-16-17-11-15-25-19-10-7-6-9-18(17)19;/h6-7,9-10,17H,3-5,8,11-16H2,1-2H3,(H2,21,22,23);1H. The SMILES string of the molecule is CCCCOCCCNC(=NCC1CCOc2ccccc21)NCC.I. The number of rotatable bonds is 10. The first-order valence-electron chi connectivity index (χ1n) is 9.66. The Balaban J connectivity index is 0.00000338. The Hall–Kier alpha value is -1.02. The second kappa shape index (κ2) is 14.1. The van der Waals surface area contributed by atoms with Crippen molar-refractivity contribution in [3.05, 3.63) is 29.8 Å². The Morgan fingerprint density at radius 3 is 2.81 bits per heavy atom. The second-order valence-electron chi connectivity index (χ2n) is 6.34. The summed E-state index contributed by atoms with van der Waals surface area (Å²) in [6.45, 7) is 9.24. The van der Waals surface area contributed by atoms with Crippen LogP contribution in [0, 0.1) is 0 Å². The van der Waals surface area contributed by atoms with Crippen LogP contribution in [0.5, 0.6) is 5.75 Å². The predicted molar refractivity (Wildman–Crippen MR) is 119 cm³/mol. The van der Waals surface area contributed by atoms with Gasteiger partial charge in [0.25, 0.3) is 0 Å². The molecule has 6 heteroatoms. The van der Waals surface area contributed by atoms with Crippen molar-refractivity contribution in [3.8, 4) is 5.75 Å². The highest BCUT2D eigenvalue weighted by atomic mass is 127. The molecule has 0 aromatic heterocycles. The first-order chi connectivity index (χ1) is 12.3. The molecule has 1 unspecified atom stereocenters. The van der Waals surface area contributed by atoms with Crippen LogP contribution in [0.15, 0.2) is 29.3 Å². The van der Waals surface area contributed by atoms with Gasteiger partial charge in [0.1, 0.15) is 5.75 Å². The molecule has 5 nitrogen and oxygen atoms in total. The van der Waals surface area contributed by atoms with Gasteiger partial charge in [0.05, 0.1) is 6.61 Å². The largest absolute Gasteiger partial charge is 0.493 e. The van der Waals surface area contributed by atoms with E-state index in [2.05, 4.69) is 36.6 Å². The van der Waals surface area contributed by atoms with Gasteiger partial charge in [-0.15, -0.1) is 24.0 Å². The summed E-state index contributed by atoms with van der Waals surface area (Å²) in [6.07, 6.45) is 4.34. The fourth-order valence-corrected chi connectivity index (χ4v) is 2.88. The van der Waals surface area contributed by atoms with Crippen molar-refractivity contribution in [1.29, 1.82) is 0 Å². The molecule has 0 saturated carbocycles. The molecule has 1 aromatic rings. The van der Waals surface area contributed by atoms with Crippen LogP contribution in [-0.4, -0.2) is 45.4 Å². The minimum atomic E-state index is 0. The van der Waals surface area contributed by atoms with Crippen LogP contribution in [0.1, 0.15) is 51.0 Å². The maximum Gasteiger partial charge on any atom is 0.191 e. The Bertz CT molecular complexity index is 526. The van der Waals surface area contributed by atoms with Crippen molar-refractivity contribution in [3.63, 3.8) is 0 Å². The molecule has 1 aromatic carbocycles. The number of hydrogen-bond acceptors (Lipinski definition) is 3. The van der Waals surface area contributed by atoms with Crippen LogP contribution in [-0.2, 0) is 4.74 Å². The first-order valence-corrected chi connectivity index (χ1v) is 9.66. The number of halogens is 1. The lowest BCUT2D eigenvalue weighted by molar-refractivity contribution is 0.129. The highest BCUT2D eigenvalue weighted by Gasteiger charge is 2.20. The van der Waals surface area contributed by atoms with Gasteiger partial charge in [0.15, 0.2) is 5.96 Å². The van der Waals surface area contributed by atoms with Gasteiger partial charge in [-0.2, -0.15) is 0 Å². The van der Waals surface area contributed by atoms with Crippen molar-refractivity contribution >= 4 is 29.9 Å². The normalized spacial score (nSPS) is 16.2. The molecule has 1 atom stereocenters. The van der Waals surface area contributed by atoms with Crippen molar-refractivity contribution in [2.45, 2.75) is 45.4 Å². The number of ether oxygens (including phenoxy) is 2. The summed E-state index contributed by atoms with van der Waals surface area (Å²) in [5.41, 5.74) is 1.28. The Morgan fingerprint density at radius 2 is 2.00 bits per heavy atom. The van der Waals surface area contributed by atoms with E-state index in [-0.39, 0.29) is 24.0 Å². The zero-order valence-electron chi connectivity index (χ0n) is 16.1. The molecule has 1 heterocycles. The van der Waals surface area contributed by atoms with Gasteiger partial charge in [-0.25, -0.2) is 0 Å². The zero-order chi connectivity index (χ0) is 17.7. The summed E-state index contributed by atoms with van der Waals surface area (Å²) in [5.74, 6) is 2.33. The molecule has 0 fully saturated rings. The molecule has 148 valence electrons. The van der Waals surface area contributed by atoms with Crippen molar-refractivity contribution in [2.75, 3.05) is 39.5 Å². The number of unbranched alkanes of at least 4 members (excludes halogenated alkanes) is 1. The monoisotopic (exact) mass is 475 g/mol. The first kappa shape index (κ1) is 23.0. The lowest BCUT2D eigenvalue weighted by atomic mass is 9.93. The molecule has 2 rings (SSSR count). The number of hydrogen-bond donors (Lipinski definition) is 2. The Morgan fingerprint density at radius 1 is 1.19 bits per heavy atom. The number of nitrogens with one attached hydrogen (secondary N) is 2. The van der Waals surface area contributed by atoms with Gasteiger partial charge in [0, 0.05) is 38.8 Å². The molecule has 1 aliphatic heterocycles. The lowest BCUT2D eigenvalue weighted by Crippen LogP contribution is -2.38. The van der Waals surface area contributed by atoms with Crippen LogP contribution in [0.2, 0.25) is 0 Å². The van der Waals surface area contributed by atoms with E-state index in [9.17, 15) is 0 Å². The molecule has 0 spiro atoms. The fourth-order valence-electron chi connectivity index (χ4n) is 2.88. The molecule has 0 aliphatic carbocycles. The van der Waals surface area contributed by atoms with E-state index in [0.717, 1.165) is 70.4 Å². The van der Waals surface area contributed by atoms with Crippen molar-refractivity contribution in [2.24, 2.45) is 4.99 Å².